The third kappa shape index (κ3) is 2.59. The highest BCUT2D eigenvalue weighted by Crippen LogP contribution is 2.27. The molecule has 0 fully saturated rings. The molecule has 0 bridgehead atoms. The van der Waals surface area contributed by atoms with Crippen LogP contribution in [0.4, 0.5) is 14.5 Å². The molecule has 3 rings (SSSR count). The minimum atomic E-state index is -0.905. The maximum absolute atomic E-state index is 13.6. The van der Waals surface area contributed by atoms with Gasteiger partial charge < -0.3 is 5.32 Å². The smallest absolute Gasteiger partial charge is 0.295 e. The summed E-state index contributed by atoms with van der Waals surface area (Å²) in [6.45, 7) is 0. The van der Waals surface area contributed by atoms with Gasteiger partial charge in [-0.15, -0.1) is 5.10 Å². The van der Waals surface area contributed by atoms with Gasteiger partial charge in [-0.25, -0.2) is 18.3 Å². The van der Waals surface area contributed by atoms with Gasteiger partial charge >= 0.3 is 0 Å². The highest BCUT2D eigenvalue weighted by molar-refractivity contribution is 9.10. The van der Waals surface area contributed by atoms with Crippen molar-refractivity contribution in [3.05, 3.63) is 52.5 Å². The Morgan fingerprint density at radius 2 is 2.14 bits per heavy atom. The second-order valence-corrected chi connectivity index (χ2v) is 4.85. The van der Waals surface area contributed by atoms with Crippen molar-refractivity contribution in [2.24, 2.45) is 0 Å². The van der Waals surface area contributed by atoms with E-state index in [0.717, 1.165) is 6.07 Å². The average Bonchev–Trinajstić information content (AvgIpc) is 2.86. The van der Waals surface area contributed by atoms with Crippen molar-refractivity contribution >= 4 is 33.3 Å². The van der Waals surface area contributed by atoms with Gasteiger partial charge in [0, 0.05) is 22.9 Å². The van der Waals surface area contributed by atoms with Crippen molar-refractivity contribution in [3.63, 3.8) is 0 Å². The van der Waals surface area contributed by atoms with Crippen LogP contribution in [0.15, 0.2) is 35.1 Å². The molecular formula is C12H6BrF2N5O. The summed E-state index contributed by atoms with van der Waals surface area (Å²) in [5, 5.41) is 6.19. The number of amides is 1. The SMILES string of the molecule is O=C(Nc1c(F)cc(F)cc1Br)c1nc2ncccn2n1. The predicted molar refractivity (Wildman–Crippen MR) is 72.8 cm³/mol. The van der Waals surface area contributed by atoms with Crippen molar-refractivity contribution in [1.82, 2.24) is 19.6 Å². The van der Waals surface area contributed by atoms with E-state index in [0.29, 0.717) is 6.07 Å². The summed E-state index contributed by atoms with van der Waals surface area (Å²) in [7, 11) is 0. The van der Waals surface area contributed by atoms with Gasteiger partial charge in [-0.3, -0.25) is 4.79 Å². The summed E-state index contributed by atoms with van der Waals surface area (Å²) < 4.78 is 28.0. The van der Waals surface area contributed by atoms with E-state index in [9.17, 15) is 13.6 Å². The molecule has 0 spiro atoms. The molecule has 0 saturated heterocycles. The highest BCUT2D eigenvalue weighted by Gasteiger charge is 2.17. The highest BCUT2D eigenvalue weighted by atomic mass is 79.9. The molecule has 106 valence electrons. The van der Waals surface area contributed by atoms with Crippen LogP contribution in [0, 0.1) is 11.6 Å². The monoisotopic (exact) mass is 353 g/mol. The fourth-order valence-corrected chi connectivity index (χ4v) is 2.17. The van der Waals surface area contributed by atoms with Crippen LogP contribution in [-0.4, -0.2) is 25.5 Å². The zero-order valence-electron chi connectivity index (χ0n) is 10.2. The summed E-state index contributed by atoms with van der Waals surface area (Å²) in [5.41, 5.74) is -0.187. The number of nitrogens with one attached hydrogen (secondary N) is 1. The first-order chi connectivity index (χ1) is 10.0. The Balaban J connectivity index is 1.93. The summed E-state index contributed by atoms with van der Waals surface area (Å²) in [4.78, 5) is 19.8. The number of benzene rings is 1. The first kappa shape index (κ1) is 13.6. The Hall–Kier alpha value is -2.42. The first-order valence-electron chi connectivity index (χ1n) is 5.68. The average molecular weight is 354 g/mol. The number of anilines is 1. The molecule has 6 nitrogen and oxygen atoms in total. The van der Waals surface area contributed by atoms with Gasteiger partial charge in [0.1, 0.15) is 5.82 Å². The standard InChI is InChI=1S/C12H6BrF2N5O/c13-7-4-6(14)5-8(15)9(7)17-11(21)10-18-12-16-2-1-3-20(12)19-10/h1-5H,(H,17,21). The van der Waals surface area contributed by atoms with Crippen LogP contribution in [0.25, 0.3) is 5.78 Å². The molecule has 0 saturated carbocycles. The Kier molecular flexibility index (Phi) is 3.34. The molecule has 1 N–H and O–H groups in total. The molecule has 1 aromatic carbocycles. The van der Waals surface area contributed by atoms with Crippen LogP contribution in [0.2, 0.25) is 0 Å². The molecule has 0 aliphatic rings. The van der Waals surface area contributed by atoms with Crippen molar-refractivity contribution < 1.29 is 13.6 Å². The second-order valence-electron chi connectivity index (χ2n) is 4.00. The second kappa shape index (κ2) is 5.17. The Morgan fingerprint density at radius 1 is 1.33 bits per heavy atom. The van der Waals surface area contributed by atoms with Gasteiger partial charge in [-0.1, -0.05) is 0 Å². The van der Waals surface area contributed by atoms with E-state index >= 15 is 0 Å². The normalized spacial score (nSPS) is 10.8. The molecule has 3 aromatic rings. The third-order valence-electron chi connectivity index (χ3n) is 2.57. The zero-order chi connectivity index (χ0) is 15.0. The number of nitrogens with zero attached hydrogens (tertiary/aromatic N) is 4. The predicted octanol–water partition coefficient (Wildman–Crippen LogP) is 2.42. The van der Waals surface area contributed by atoms with Gasteiger partial charge in [0.25, 0.3) is 11.7 Å². The number of fused-ring (bicyclic) bond motifs is 1. The molecule has 0 unspecified atom stereocenters. The first-order valence-corrected chi connectivity index (χ1v) is 6.47. The van der Waals surface area contributed by atoms with E-state index in [-0.39, 0.29) is 21.8 Å². The summed E-state index contributed by atoms with van der Waals surface area (Å²) in [5.74, 6) is -2.33. The Labute approximate surface area is 125 Å². The molecule has 2 aromatic heterocycles. The lowest BCUT2D eigenvalue weighted by Gasteiger charge is -2.06. The molecule has 1 amide bonds. The number of rotatable bonds is 2. The van der Waals surface area contributed by atoms with Gasteiger partial charge in [-0.05, 0) is 28.1 Å². The van der Waals surface area contributed by atoms with Crippen LogP contribution in [0.1, 0.15) is 10.6 Å². The molecule has 0 aliphatic carbocycles. The zero-order valence-corrected chi connectivity index (χ0v) is 11.8. The lowest BCUT2D eigenvalue weighted by atomic mass is 10.3. The van der Waals surface area contributed by atoms with E-state index in [2.05, 4.69) is 36.3 Å². The number of halogens is 3. The van der Waals surface area contributed by atoms with E-state index in [1.165, 1.54) is 10.7 Å². The molecule has 0 atom stereocenters. The van der Waals surface area contributed by atoms with E-state index in [4.69, 9.17) is 0 Å². The van der Waals surface area contributed by atoms with Crippen LogP contribution >= 0.6 is 15.9 Å². The van der Waals surface area contributed by atoms with Crippen LogP contribution in [0.5, 0.6) is 0 Å². The lowest BCUT2D eigenvalue weighted by molar-refractivity contribution is 0.101. The van der Waals surface area contributed by atoms with Gasteiger partial charge in [-0.2, -0.15) is 4.98 Å². The topological polar surface area (TPSA) is 72.2 Å². The van der Waals surface area contributed by atoms with Crippen molar-refractivity contribution in [3.8, 4) is 0 Å². The fourth-order valence-electron chi connectivity index (χ4n) is 1.66. The van der Waals surface area contributed by atoms with E-state index < -0.39 is 17.5 Å². The number of carbonyl (C=O) groups excluding carboxylic acids is 1. The number of hydrogen-bond donors (Lipinski definition) is 1. The molecular weight excluding hydrogens is 348 g/mol. The molecule has 0 aliphatic heterocycles. The van der Waals surface area contributed by atoms with E-state index in [1.807, 2.05) is 0 Å². The van der Waals surface area contributed by atoms with Crippen LogP contribution in [0.3, 0.4) is 0 Å². The van der Waals surface area contributed by atoms with Crippen molar-refractivity contribution in [2.75, 3.05) is 5.32 Å². The lowest BCUT2D eigenvalue weighted by Crippen LogP contribution is -2.15. The molecule has 9 heteroatoms. The number of hydrogen-bond acceptors (Lipinski definition) is 4. The van der Waals surface area contributed by atoms with Crippen molar-refractivity contribution in [2.45, 2.75) is 0 Å². The van der Waals surface area contributed by atoms with Crippen LogP contribution in [-0.2, 0) is 0 Å². The Bertz CT molecular complexity index is 795. The number of aromatic nitrogens is 4. The molecule has 21 heavy (non-hydrogen) atoms. The largest absolute Gasteiger partial charge is 0.316 e. The summed E-state index contributed by atoms with van der Waals surface area (Å²) in [6, 6.07) is 3.33. The summed E-state index contributed by atoms with van der Waals surface area (Å²) in [6.07, 6.45) is 3.07. The summed E-state index contributed by atoms with van der Waals surface area (Å²) >= 11 is 2.98. The van der Waals surface area contributed by atoms with Gasteiger partial charge in [0.2, 0.25) is 5.82 Å². The molecule has 0 radical (unpaired) electrons. The molecule has 2 heterocycles. The third-order valence-corrected chi connectivity index (χ3v) is 3.19. The minimum absolute atomic E-state index is 0.0789. The number of carbonyl (C=O) groups is 1. The van der Waals surface area contributed by atoms with Crippen LogP contribution < -0.4 is 5.32 Å². The fraction of sp³-hybridized carbons (Fsp3) is 0. The van der Waals surface area contributed by atoms with Crippen molar-refractivity contribution in [1.29, 1.82) is 0 Å². The quantitative estimate of drug-likeness (QED) is 0.767. The minimum Gasteiger partial charge on any atom is -0.316 e. The van der Waals surface area contributed by atoms with E-state index in [1.54, 1.807) is 12.3 Å². The van der Waals surface area contributed by atoms with Gasteiger partial charge in [0.05, 0.1) is 5.69 Å². The Morgan fingerprint density at radius 3 is 2.86 bits per heavy atom. The van der Waals surface area contributed by atoms with Gasteiger partial charge in [0.15, 0.2) is 5.82 Å². The maximum atomic E-state index is 13.6. The maximum Gasteiger partial charge on any atom is 0.295 e.